The minimum Gasteiger partial charge on any atom is -0.299 e. The number of quaternary nitrogens is 1. The van der Waals surface area contributed by atoms with Gasteiger partial charge in [-0.05, 0) is 30.9 Å². The molecule has 0 N–H and O–H groups in total. The van der Waals surface area contributed by atoms with E-state index in [-0.39, 0.29) is 4.05 Å². The van der Waals surface area contributed by atoms with Gasteiger partial charge in [0.05, 0.1) is 18.1 Å². The third-order valence-electron chi connectivity index (χ3n) is 4.03. The first-order valence-corrected chi connectivity index (χ1v) is 9.89. The molecule has 0 spiro atoms. The number of alkyl halides is 1. The molecule has 1 nitrogen and oxygen atoms in total. The number of hydrogen-bond acceptors (Lipinski definition) is 0. The fourth-order valence-corrected chi connectivity index (χ4v) is 3.89. The van der Waals surface area contributed by atoms with Crippen molar-refractivity contribution in [2.75, 3.05) is 13.1 Å². The van der Waals surface area contributed by atoms with E-state index in [2.05, 4.69) is 42.4 Å². The van der Waals surface area contributed by atoms with Gasteiger partial charge in [-0.25, -0.2) is 0 Å². The predicted octanol–water partition coefficient (Wildman–Crippen LogP) is 6.30. The Kier molecular flexibility index (Phi) is 9.16. The molecule has 0 fully saturated rings. The zero-order valence-electron chi connectivity index (χ0n) is 13.4. The molecule has 1 aromatic rings. The molecule has 1 rings (SSSR count). The lowest BCUT2D eigenvalue weighted by Gasteiger charge is -2.41. The fourth-order valence-electron chi connectivity index (χ4n) is 2.67. The second kappa shape index (κ2) is 10.0. The molecule has 1 aromatic carbocycles. The normalized spacial score (nSPS) is 12.9. The van der Waals surface area contributed by atoms with Gasteiger partial charge in [-0.1, -0.05) is 56.0 Å². The molecule has 22 heavy (non-hydrogen) atoms. The molecule has 0 amide bonds. The number of nitrogens with zero attached hydrogens (tertiary/aromatic N) is 1. The van der Waals surface area contributed by atoms with Gasteiger partial charge in [0, 0.05) is 33.2 Å². The smallest absolute Gasteiger partial charge is 0.200 e. The second-order valence-corrected chi connectivity index (χ2v) is 7.79. The molecule has 122 valence electrons. The minimum atomic E-state index is 0.155. The van der Waals surface area contributed by atoms with Crippen LogP contribution in [0.5, 0.6) is 0 Å². The first-order valence-electron chi connectivity index (χ1n) is 7.89. The van der Waals surface area contributed by atoms with Crippen molar-refractivity contribution in [2.24, 2.45) is 0 Å². The van der Waals surface area contributed by atoms with Gasteiger partial charge in [0.25, 0.3) is 0 Å². The van der Waals surface area contributed by atoms with E-state index in [0.717, 1.165) is 34.7 Å². The highest BCUT2D eigenvalue weighted by Crippen LogP contribution is 2.30. The first kappa shape index (κ1) is 20.1. The van der Waals surface area contributed by atoms with Crippen molar-refractivity contribution < 1.29 is 4.48 Å². The van der Waals surface area contributed by atoms with Crippen LogP contribution in [0.3, 0.4) is 0 Å². The molecule has 0 saturated carbocycles. The van der Waals surface area contributed by atoms with Crippen LogP contribution in [0.15, 0.2) is 18.2 Å². The molecule has 0 heterocycles. The van der Waals surface area contributed by atoms with E-state index >= 15 is 0 Å². The Morgan fingerprint density at radius 1 is 1.18 bits per heavy atom. The molecular formula is C18H25Cl2IN+. The van der Waals surface area contributed by atoms with E-state index in [0.29, 0.717) is 5.02 Å². The number of hydrogen-bond donors (Lipinski definition) is 0. The van der Waals surface area contributed by atoms with Crippen LogP contribution < -0.4 is 0 Å². The summed E-state index contributed by atoms with van der Waals surface area (Å²) in [7, 11) is 0. The Morgan fingerprint density at radius 3 is 2.23 bits per heavy atom. The summed E-state index contributed by atoms with van der Waals surface area (Å²) in [6.07, 6.45) is 10.5. The highest BCUT2D eigenvalue weighted by Gasteiger charge is 2.34. The number of unbranched alkanes of at least 4 members (excludes halogenated alkanes) is 2. The monoisotopic (exact) mass is 452 g/mol. The molecule has 0 aliphatic rings. The first-order chi connectivity index (χ1) is 10.5. The number of rotatable bonds is 9. The van der Waals surface area contributed by atoms with E-state index in [1.165, 1.54) is 25.7 Å². The average molecular weight is 453 g/mol. The van der Waals surface area contributed by atoms with Crippen LogP contribution in [-0.4, -0.2) is 21.6 Å². The molecule has 0 aliphatic heterocycles. The molecular weight excluding hydrogens is 428 g/mol. The summed E-state index contributed by atoms with van der Waals surface area (Å²) in [6.45, 7) is 7.50. The van der Waals surface area contributed by atoms with Gasteiger partial charge >= 0.3 is 0 Å². The molecule has 0 saturated heterocycles. The van der Waals surface area contributed by atoms with E-state index < -0.39 is 0 Å². The summed E-state index contributed by atoms with van der Waals surface area (Å²) in [5, 5.41) is 1.42. The van der Waals surface area contributed by atoms with Gasteiger partial charge in [0.2, 0.25) is 4.05 Å². The van der Waals surface area contributed by atoms with Gasteiger partial charge in [-0.3, -0.25) is 4.48 Å². The van der Waals surface area contributed by atoms with Crippen molar-refractivity contribution in [3.8, 4) is 12.3 Å². The Balaban J connectivity index is 3.12. The molecule has 0 aliphatic carbocycles. The maximum absolute atomic E-state index is 6.40. The van der Waals surface area contributed by atoms with Gasteiger partial charge in [-0.15, -0.1) is 6.42 Å². The lowest BCUT2D eigenvalue weighted by Crippen LogP contribution is -2.53. The highest BCUT2D eigenvalue weighted by atomic mass is 127. The van der Waals surface area contributed by atoms with E-state index in [4.69, 9.17) is 29.6 Å². The van der Waals surface area contributed by atoms with Crippen LogP contribution in [0.2, 0.25) is 10.0 Å². The zero-order valence-corrected chi connectivity index (χ0v) is 17.1. The quantitative estimate of drug-likeness (QED) is 0.135. The van der Waals surface area contributed by atoms with Crippen molar-refractivity contribution in [3.63, 3.8) is 0 Å². The number of terminal acetylenes is 1. The standard InChI is InChI=1S/C18H25Cl2IN/c1-4-7-11-22(12-8-5-2,18(21)6-3)14-15-9-10-16(19)13-17(15)20/h3,9-10,13,18H,4-5,7-8,11-12,14H2,1-2H3/q+1. The summed E-state index contributed by atoms with van der Waals surface area (Å²) in [5.74, 6) is 2.96. The topological polar surface area (TPSA) is 0 Å². The van der Waals surface area contributed by atoms with E-state index in [1.54, 1.807) is 0 Å². The van der Waals surface area contributed by atoms with Crippen molar-refractivity contribution in [1.82, 2.24) is 0 Å². The van der Waals surface area contributed by atoms with Gasteiger partial charge in [0.1, 0.15) is 6.54 Å². The third kappa shape index (κ3) is 5.60. The predicted molar refractivity (Wildman–Crippen MR) is 107 cm³/mol. The summed E-state index contributed by atoms with van der Waals surface area (Å²) in [6, 6.07) is 5.77. The van der Waals surface area contributed by atoms with Crippen LogP contribution >= 0.6 is 45.8 Å². The number of benzene rings is 1. The Labute approximate surface area is 159 Å². The lowest BCUT2D eigenvalue weighted by atomic mass is 10.1. The molecule has 1 unspecified atom stereocenters. The molecule has 0 bridgehead atoms. The van der Waals surface area contributed by atoms with Crippen molar-refractivity contribution in [1.29, 1.82) is 0 Å². The lowest BCUT2D eigenvalue weighted by molar-refractivity contribution is -0.940. The minimum absolute atomic E-state index is 0.155. The van der Waals surface area contributed by atoms with Gasteiger partial charge < -0.3 is 0 Å². The summed E-state index contributed by atoms with van der Waals surface area (Å²) < 4.78 is 1.06. The van der Waals surface area contributed by atoms with Gasteiger partial charge in [0.15, 0.2) is 0 Å². The van der Waals surface area contributed by atoms with Crippen molar-refractivity contribution >= 4 is 45.8 Å². The molecule has 1 atom stereocenters. The van der Waals surface area contributed by atoms with Gasteiger partial charge in [-0.2, -0.15) is 0 Å². The van der Waals surface area contributed by atoms with E-state index in [1.807, 2.05) is 18.2 Å². The zero-order chi connectivity index (χ0) is 16.6. The van der Waals surface area contributed by atoms with Crippen LogP contribution in [0.25, 0.3) is 0 Å². The molecule has 4 heteroatoms. The number of halogens is 3. The van der Waals surface area contributed by atoms with Crippen molar-refractivity contribution in [2.45, 2.75) is 50.1 Å². The maximum Gasteiger partial charge on any atom is 0.200 e. The molecule has 0 aromatic heterocycles. The molecule has 0 radical (unpaired) electrons. The largest absolute Gasteiger partial charge is 0.299 e. The summed E-state index contributed by atoms with van der Waals surface area (Å²) in [5.41, 5.74) is 1.13. The SMILES string of the molecule is C#CC(I)[N+](CCCC)(CCCC)Cc1ccc(Cl)cc1Cl. The Bertz CT molecular complexity index is 502. The van der Waals surface area contributed by atoms with Crippen LogP contribution in [0.1, 0.15) is 45.1 Å². The highest BCUT2D eigenvalue weighted by molar-refractivity contribution is 14.1. The Hall–Kier alpha value is 0.0500. The maximum atomic E-state index is 6.40. The van der Waals surface area contributed by atoms with Crippen LogP contribution in [0, 0.1) is 12.3 Å². The Morgan fingerprint density at radius 2 is 1.77 bits per heavy atom. The fraction of sp³-hybridized carbons (Fsp3) is 0.556. The van der Waals surface area contributed by atoms with Crippen LogP contribution in [0.4, 0.5) is 0 Å². The summed E-state index contributed by atoms with van der Waals surface area (Å²) >= 11 is 14.8. The summed E-state index contributed by atoms with van der Waals surface area (Å²) in [4.78, 5) is 0. The average Bonchev–Trinajstić information content (AvgIpc) is 2.51. The van der Waals surface area contributed by atoms with E-state index in [9.17, 15) is 0 Å². The van der Waals surface area contributed by atoms with Crippen LogP contribution in [-0.2, 0) is 6.54 Å². The van der Waals surface area contributed by atoms with Crippen molar-refractivity contribution in [3.05, 3.63) is 33.8 Å². The third-order valence-corrected chi connectivity index (χ3v) is 6.16. The second-order valence-electron chi connectivity index (χ2n) is 5.77.